The molecule has 0 aromatic heterocycles. The second-order valence-corrected chi connectivity index (χ2v) is 14.5. The highest BCUT2D eigenvalue weighted by molar-refractivity contribution is 5.95. The van der Waals surface area contributed by atoms with Crippen molar-refractivity contribution in [3.63, 3.8) is 0 Å². The normalized spacial score (nSPS) is 21.4. The minimum absolute atomic E-state index is 0.0102. The van der Waals surface area contributed by atoms with Gasteiger partial charge in [-0.1, -0.05) is 0 Å². The summed E-state index contributed by atoms with van der Waals surface area (Å²) >= 11 is 0. The van der Waals surface area contributed by atoms with Gasteiger partial charge < -0.3 is 38.4 Å². The maximum Gasteiger partial charge on any atom is 0.410 e. The fourth-order valence-electron chi connectivity index (χ4n) is 6.46. The number of benzene rings is 1. The number of ether oxygens (including phenoxy) is 5. The molecule has 1 aromatic rings. The summed E-state index contributed by atoms with van der Waals surface area (Å²) in [6, 6.07) is 5.39. The quantitative estimate of drug-likeness (QED) is 0.231. The molecule has 0 N–H and O–H groups in total. The van der Waals surface area contributed by atoms with Gasteiger partial charge in [0.05, 0.1) is 26.2 Å². The van der Waals surface area contributed by atoms with E-state index in [4.69, 9.17) is 23.7 Å². The molecule has 3 aliphatic rings. The van der Waals surface area contributed by atoms with E-state index in [1.54, 1.807) is 37.3 Å². The Morgan fingerprint density at radius 1 is 0.979 bits per heavy atom. The van der Waals surface area contributed by atoms with Crippen LogP contribution in [0.15, 0.2) is 18.2 Å². The standard InChI is InChI=1S/C36H57N3O8/c1-25(2)38(34(41)26-12-15-31(44-7)32(19-26)46-18-10-16-43-6)23-27-21-37(35(42)47-36(3,4)5)22-28(27)24-39(29-13-14-29)33(40)20-30-11-8-9-17-45-30/h12,15,19,25,27-30H,8-11,13-14,16-18,20-24H2,1-7H3/t27-,28-,30-/m0/s1. The van der Waals surface area contributed by atoms with E-state index in [9.17, 15) is 14.4 Å². The lowest BCUT2D eigenvalue weighted by molar-refractivity contribution is -0.136. The average molecular weight is 660 g/mol. The van der Waals surface area contributed by atoms with Gasteiger partial charge in [-0.15, -0.1) is 0 Å². The van der Waals surface area contributed by atoms with Gasteiger partial charge in [-0.3, -0.25) is 9.59 Å². The van der Waals surface area contributed by atoms with Crippen molar-refractivity contribution in [1.29, 1.82) is 0 Å². The van der Waals surface area contributed by atoms with Gasteiger partial charge in [0.25, 0.3) is 5.91 Å². The van der Waals surface area contributed by atoms with Crippen LogP contribution >= 0.6 is 0 Å². The van der Waals surface area contributed by atoms with Gasteiger partial charge >= 0.3 is 6.09 Å². The summed E-state index contributed by atoms with van der Waals surface area (Å²) < 4.78 is 28.2. The maximum atomic E-state index is 14.1. The molecule has 2 heterocycles. The first kappa shape index (κ1) is 36.8. The van der Waals surface area contributed by atoms with Gasteiger partial charge in [-0.05, 0) is 84.9 Å². The third-order valence-electron chi connectivity index (χ3n) is 9.12. The van der Waals surface area contributed by atoms with E-state index in [1.807, 2.05) is 44.4 Å². The Balaban J connectivity index is 1.53. The summed E-state index contributed by atoms with van der Waals surface area (Å²) in [5.41, 5.74) is -0.125. The van der Waals surface area contributed by atoms with Gasteiger partial charge in [0, 0.05) is 82.4 Å². The number of rotatable bonds is 15. The summed E-state index contributed by atoms with van der Waals surface area (Å²) in [6.45, 7) is 13.2. The van der Waals surface area contributed by atoms with Crippen molar-refractivity contribution in [2.75, 3.05) is 60.2 Å². The van der Waals surface area contributed by atoms with Crippen molar-refractivity contribution in [2.24, 2.45) is 11.8 Å². The number of carbonyl (C=O) groups excluding carboxylic acids is 3. The Hall–Kier alpha value is -3.05. The molecule has 0 radical (unpaired) electrons. The van der Waals surface area contributed by atoms with Crippen molar-refractivity contribution >= 4 is 17.9 Å². The Morgan fingerprint density at radius 2 is 1.70 bits per heavy atom. The molecule has 2 aliphatic heterocycles. The van der Waals surface area contributed by atoms with Gasteiger partial charge in [0.2, 0.25) is 5.91 Å². The SMILES string of the molecule is COCCCOc1cc(C(=O)N(C[C@@H]2CN(C(=O)OC(C)(C)C)C[C@H]2CN(C(=O)C[C@@H]2CCCCO2)C2CC2)C(C)C)ccc1OC. The number of hydrogen-bond acceptors (Lipinski definition) is 8. The summed E-state index contributed by atoms with van der Waals surface area (Å²) in [4.78, 5) is 46.7. The minimum Gasteiger partial charge on any atom is -0.493 e. The van der Waals surface area contributed by atoms with Gasteiger partial charge in [0.1, 0.15) is 5.60 Å². The van der Waals surface area contributed by atoms with Crippen LogP contribution in [0.4, 0.5) is 4.79 Å². The van der Waals surface area contributed by atoms with E-state index in [-0.39, 0.29) is 47.9 Å². The van der Waals surface area contributed by atoms with Crippen molar-refractivity contribution in [3.05, 3.63) is 23.8 Å². The van der Waals surface area contributed by atoms with Crippen LogP contribution in [-0.4, -0.2) is 117 Å². The highest BCUT2D eigenvalue weighted by atomic mass is 16.6. The van der Waals surface area contributed by atoms with Crippen LogP contribution in [0.3, 0.4) is 0 Å². The molecule has 1 aromatic carbocycles. The van der Waals surface area contributed by atoms with Crippen LogP contribution in [-0.2, 0) is 19.0 Å². The summed E-state index contributed by atoms with van der Waals surface area (Å²) in [5.74, 6) is 1.02. The van der Waals surface area contributed by atoms with Gasteiger partial charge in [-0.25, -0.2) is 4.79 Å². The molecule has 11 heteroatoms. The number of carbonyl (C=O) groups is 3. The van der Waals surface area contributed by atoms with E-state index in [0.717, 1.165) is 32.1 Å². The monoisotopic (exact) mass is 659 g/mol. The molecule has 47 heavy (non-hydrogen) atoms. The summed E-state index contributed by atoms with van der Waals surface area (Å²) in [7, 11) is 3.23. The third kappa shape index (κ3) is 10.7. The molecular formula is C36H57N3O8. The zero-order chi connectivity index (χ0) is 34.1. The molecule has 4 rings (SSSR count). The molecule has 3 amide bonds. The van der Waals surface area contributed by atoms with Crippen molar-refractivity contribution in [3.8, 4) is 11.5 Å². The van der Waals surface area contributed by atoms with Gasteiger partial charge in [0.15, 0.2) is 11.5 Å². The summed E-state index contributed by atoms with van der Waals surface area (Å²) in [6.07, 6.45) is 5.76. The van der Waals surface area contributed by atoms with E-state index >= 15 is 0 Å². The first-order valence-electron chi connectivity index (χ1n) is 17.4. The van der Waals surface area contributed by atoms with Gasteiger partial charge in [-0.2, -0.15) is 0 Å². The smallest absolute Gasteiger partial charge is 0.410 e. The van der Waals surface area contributed by atoms with E-state index in [1.165, 1.54) is 0 Å². The zero-order valence-electron chi connectivity index (χ0n) is 29.6. The Kier molecular flexibility index (Phi) is 13.2. The molecule has 11 nitrogen and oxygen atoms in total. The fraction of sp³-hybridized carbons (Fsp3) is 0.750. The van der Waals surface area contributed by atoms with Crippen molar-refractivity contribution in [2.45, 2.75) is 103 Å². The molecule has 1 saturated carbocycles. The number of methoxy groups -OCH3 is 2. The maximum absolute atomic E-state index is 14.1. The molecule has 2 saturated heterocycles. The first-order valence-corrected chi connectivity index (χ1v) is 17.4. The number of hydrogen-bond donors (Lipinski definition) is 0. The third-order valence-corrected chi connectivity index (χ3v) is 9.12. The minimum atomic E-state index is -0.627. The highest BCUT2D eigenvalue weighted by Crippen LogP contribution is 2.35. The Morgan fingerprint density at radius 3 is 2.30 bits per heavy atom. The molecule has 0 unspecified atom stereocenters. The number of likely N-dealkylation sites (tertiary alicyclic amines) is 1. The van der Waals surface area contributed by atoms with E-state index < -0.39 is 5.60 Å². The van der Waals surface area contributed by atoms with Crippen molar-refractivity contribution in [1.82, 2.24) is 14.7 Å². The van der Waals surface area contributed by atoms with Crippen LogP contribution in [0.5, 0.6) is 11.5 Å². The number of amides is 3. The number of nitrogens with zero attached hydrogens (tertiary/aromatic N) is 3. The fourth-order valence-corrected chi connectivity index (χ4v) is 6.46. The molecule has 264 valence electrons. The Bertz CT molecular complexity index is 1190. The molecule has 3 atom stereocenters. The molecule has 1 aliphatic carbocycles. The van der Waals surface area contributed by atoms with Crippen LogP contribution in [0.1, 0.15) is 89.9 Å². The van der Waals surface area contributed by atoms with Crippen LogP contribution in [0.2, 0.25) is 0 Å². The van der Waals surface area contributed by atoms with E-state index in [2.05, 4.69) is 0 Å². The topological polar surface area (TPSA) is 107 Å². The summed E-state index contributed by atoms with van der Waals surface area (Å²) in [5, 5.41) is 0. The predicted molar refractivity (Wildman–Crippen MR) is 179 cm³/mol. The van der Waals surface area contributed by atoms with Crippen LogP contribution in [0.25, 0.3) is 0 Å². The predicted octanol–water partition coefficient (Wildman–Crippen LogP) is 5.39. The lowest BCUT2D eigenvalue weighted by Crippen LogP contribution is -2.45. The lowest BCUT2D eigenvalue weighted by atomic mass is 9.93. The Labute approximate surface area is 281 Å². The molecule has 0 bridgehead atoms. The second kappa shape index (κ2) is 16.9. The first-order chi connectivity index (χ1) is 22.4. The molecular weight excluding hydrogens is 602 g/mol. The van der Waals surface area contributed by atoms with Crippen LogP contribution < -0.4 is 9.47 Å². The van der Waals surface area contributed by atoms with Crippen LogP contribution in [0, 0.1) is 11.8 Å². The van der Waals surface area contributed by atoms with E-state index in [0.29, 0.717) is 75.9 Å². The zero-order valence-corrected chi connectivity index (χ0v) is 29.6. The molecule has 3 fully saturated rings. The average Bonchev–Trinajstić information content (AvgIpc) is 3.79. The second-order valence-electron chi connectivity index (χ2n) is 14.5. The highest BCUT2D eigenvalue weighted by Gasteiger charge is 2.43. The van der Waals surface area contributed by atoms with Crippen molar-refractivity contribution < 1.29 is 38.1 Å². The lowest BCUT2D eigenvalue weighted by Gasteiger charge is -2.34. The molecule has 0 spiro atoms. The largest absolute Gasteiger partial charge is 0.493 e.